The van der Waals surface area contributed by atoms with Gasteiger partial charge in [-0.25, -0.2) is 0 Å². The van der Waals surface area contributed by atoms with E-state index < -0.39 is 0 Å². The monoisotopic (exact) mass is 393 g/mol. The molecule has 0 spiro atoms. The van der Waals surface area contributed by atoms with Gasteiger partial charge in [-0.2, -0.15) is 0 Å². The van der Waals surface area contributed by atoms with Crippen molar-refractivity contribution < 1.29 is 9.53 Å². The Labute approximate surface area is 177 Å². The molecule has 0 heterocycles. The van der Waals surface area contributed by atoms with E-state index in [4.69, 9.17) is 4.74 Å². The normalized spacial score (nSPS) is 10.4. The van der Waals surface area contributed by atoms with E-state index in [1.54, 1.807) is 12.0 Å². The van der Waals surface area contributed by atoms with E-state index >= 15 is 0 Å². The van der Waals surface area contributed by atoms with Gasteiger partial charge in [0.05, 0.1) is 19.3 Å². The SMILES string of the molecule is COc1ccccc1N(Cc1ccccc1-c1ccccc1)C(=O)c1ccccc1. The first-order valence-corrected chi connectivity index (χ1v) is 9.91. The first-order valence-electron chi connectivity index (χ1n) is 9.91. The minimum absolute atomic E-state index is 0.0667. The van der Waals surface area contributed by atoms with E-state index in [1.807, 2.05) is 84.9 Å². The summed E-state index contributed by atoms with van der Waals surface area (Å²) in [7, 11) is 1.63. The van der Waals surface area contributed by atoms with Crippen LogP contribution in [0.25, 0.3) is 11.1 Å². The lowest BCUT2D eigenvalue weighted by Crippen LogP contribution is -2.31. The molecule has 0 aromatic heterocycles. The van der Waals surface area contributed by atoms with Crippen molar-refractivity contribution in [1.82, 2.24) is 0 Å². The van der Waals surface area contributed by atoms with Crippen LogP contribution < -0.4 is 9.64 Å². The molecular weight excluding hydrogens is 370 g/mol. The predicted molar refractivity (Wildman–Crippen MR) is 122 cm³/mol. The number of ether oxygens (including phenoxy) is 1. The van der Waals surface area contributed by atoms with Crippen LogP contribution in [0.3, 0.4) is 0 Å². The molecular formula is C27H23NO2. The first kappa shape index (κ1) is 19.5. The molecule has 0 radical (unpaired) electrons. The van der Waals surface area contributed by atoms with E-state index in [9.17, 15) is 4.79 Å². The number of hydrogen-bond donors (Lipinski definition) is 0. The zero-order valence-electron chi connectivity index (χ0n) is 16.9. The maximum atomic E-state index is 13.5. The molecule has 1 amide bonds. The molecule has 0 aliphatic rings. The molecule has 4 rings (SSSR count). The van der Waals surface area contributed by atoms with Gasteiger partial charge >= 0.3 is 0 Å². The molecule has 148 valence electrons. The summed E-state index contributed by atoms with van der Waals surface area (Å²) < 4.78 is 5.57. The van der Waals surface area contributed by atoms with Crippen molar-refractivity contribution in [2.24, 2.45) is 0 Å². The van der Waals surface area contributed by atoms with Crippen molar-refractivity contribution in [3.05, 3.63) is 120 Å². The molecule has 0 aliphatic carbocycles. The van der Waals surface area contributed by atoms with E-state index in [1.165, 1.54) is 0 Å². The van der Waals surface area contributed by atoms with Crippen molar-refractivity contribution >= 4 is 11.6 Å². The smallest absolute Gasteiger partial charge is 0.258 e. The second kappa shape index (κ2) is 9.10. The highest BCUT2D eigenvalue weighted by Gasteiger charge is 2.22. The van der Waals surface area contributed by atoms with Gasteiger partial charge in [-0.3, -0.25) is 4.79 Å². The third kappa shape index (κ3) is 4.11. The summed E-state index contributed by atoms with van der Waals surface area (Å²) in [6.45, 7) is 0.430. The molecule has 3 heteroatoms. The minimum atomic E-state index is -0.0667. The molecule has 4 aromatic rings. The van der Waals surface area contributed by atoms with Gasteiger partial charge < -0.3 is 9.64 Å². The number of carbonyl (C=O) groups excluding carboxylic acids is 1. The Bertz CT molecular complexity index is 1120. The Morgan fingerprint density at radius 2 is 1.33 bits per heavy atom. The van der Waals surface area contributed by atoms with Gasteiger partial charge in [-0.1, -0.05) is 84.9 Å². The van der Waals surface area contributed by atoms with E-state index in [-0.39, 0.29) is 5.91 Å². The molecule has 0 atom stereocenters. The lowest BCUT2D eigenvalue weighted by atomic mass is 9.99. The molecule has 0 fully saturated rings. The number of carbonyl (C=O) groups is 1. The Morgan fingerprint density at radius 3 is 2.07 bits per heavy atom. The van der Waals surface area contributed by atoms with Gasteiger partial charge in [-0.15, -0.1) is 0 Å². The Kier molecular flexibility index (Phi) is 5.90. The Hall–Kier alpha value is -3.85. The van der Waals surface area contributed by atoms with E-state index in [2.05, 4.69) is 24.3 Å². The molecule has 0 bridgehead atoms. The predicted octanol–water partition coefficient (Wildman–Crippen LogP) is 6.21. The van der Waals surface area contributed by atoms with Crippen molar-refractivity contribution in [1.29, 1.82) is 0 Å². The Balaban J connectivity index is 1.80. The van der Waals surface area contributed by atoms with E-state index in [0.717, 1.165) is 22.4 Å². The van der Waals surface area contributed by atoms with Gasteiger partial charge in [0, 0.05) is 5.56 Å². The van der Waals surface area contributed by atoms with Crippen molar-refractivity contribution in [2.75, 3.05) is 12.0 Å². The van der Waals surface area contributed by atoms with Crippen LogP contribution >= 0.6 is 0 Å². The standard InChI is InChI=1S/C27H23NO2/c1-30-26-19-11-10-18-25(26)28(27(29)22-14-6-3-7-15-22)20-23-16-8-9-17-24(23)21-12-4-2-5-13-21/h2-19H,20H2,1H3. The van der Waals surface area contributed by atoms with Crippen LogP contribution in [0.5, 0.6) is 5.75 Å². The third-order valence-corrected chi connectivity index (χ3v) is 5.07. The van der Waals surface area contributed by atoms with Gasteiger partial charge in [0.25, 0.3) is 5.91 Å². The number of hydrogen-bond acceptors (Lipinski definition) is 2. The van der Waals surface area contributed by atoms with E-state index in [0.29, 0.717) is 17.9 Å². The average Bonchev–Trinajstić information content (AvgIpc) is 2.83. The number of rotatable bonds is 6. The summed E-state index contributed by atoms with van der Waals surface area (Å²) >= 11 is 0. The lowest BCUT2D eigenvalue weighted by molar-refractivity contribution is 0.0984. The van der Waals surface area contributed by atoms with Crippen LogP contribution in [0, 0.1) is 0 Å². The summed E-state index contributed by atoms with van der Waals surface area (Å²) in [5.74, 6) is 0.599. The van der Waals surface area contributed by atoms with Crippen molar-refractivity contribution in [2.45, 2.75) is 6.54 Å². The van der Waals surface area contributed by atoms with Crippen molar-refractivity contribution in [3.8, 4) is 16.9 Å². The summed E-state index contributed by atoms with van der Waals surface area (Å²) in [5, 5.41) is 0. The molecule has 0 unspecified atom stereocenters. The molecule has 0 saturated carbocycles. The highest BCUT2D eigenvalue weighted by atomic mass is 16.5. The maximum Gasteiger partial charge on any atom is 0.258 e. The van der Waals surface area contributed by atoms with Gasteiger partial charge in [0.1, 0.15) is 5.75 Å². The van der Waals surface area contributed by atoms with Crippen LogP contribution in [0.15, 0.2) is 109 Å². The molecule has 0 aliphatic heterocycles. The van der Waals surface area contributed by atoms with Gasteiger partial charge in [0.15, 0.2) is 0 Å². The second-order valence-electron chi connectivity index (χ2n) is 6.95. The summed E-state index contributed by atoms with van der Waals surface area (Å²) in [4.78, 5) is 15.3. The number of anilines is 1. The summed E-state index contributed by atoms with van der Waals surface area (Å²) in [6, 6.07) is 35.4. The van der Waals surface area contributed by atoms with Crippen LogP contribution in [0.2, 0.25) is 0 Å². The lowest BCUT2D eigenvalue weighted by Gasteiger charge is -2.26. The Morgan fingerprint density at radius 1 is 0.733 bits per heavy atom. The fourth-order valence-electron chi connectivity index (χ4n) is 3.58. The molecule has 30 heavy (non-hydrogen) atoms. The number of benzene rings is 4. The average molecular weight is 393 g/mol. The van der Waals surface area contributed by atoms with Crippen LogP contribution in [0.1, 0.15) is 15.9 Å². The molecule has 4 aromatic carbocycles. The van der Waals surface area contributed by atoms with Crippen LogP contribution in [-0.4, -0.2) is 13.0 Å². The van der Waals surface area contributed by atoms with Crippen molar-refractivity contribution in [3.63, 3.8) is 0 Å². The third-order valence-electron chi connectivity index (χ3n) is 5.07. The number of para-hydroxylation sites is 2. The van der Waals surface area contributed by atoms with Gasteiger partial charge in [-0.05, 0) is 41.0 Å². The molecule has 0 N–H and O–H groups in total. The van der Waals surface area contributed by atoms with Crippen LogP contribution in [0.4, 0.5) is 5.69 Å². The number of methoxy groups -OCH3 is 1. The minimum Gasteiger partial charge on any atom is -0.495 e. The summed E-state index contributed by atoms with van der Waals surface area (Å²) in [5.41, 5.74) is 4.69. The largest absolute Gasteiger partial charge is 0.495 e. The number of nitrogens with zero attached hydrogens (tertiary/aromatic N) is 1. The highest BCUT2D eigenvalue weighted by Crippen LogP contribution is 2.32. The fourth-order valence-corrected chi connectivity index (χ4v) is 3.58. The molecule has 0 saturated heterocycles. The first-order chi connectivity index (χ1) is 14.8. The second-order valence-corrected chi connectivity index (χ2v) is 6.95. The zero-order chi connectivity index (χ0) is 20.8. The summed E-state index contributed by atoms with van der Waals surface area (Å²) in [6.07, 6.45) is 0. The molecule has 3 nitrogen and oxygen atoms in total. The fraction of sp³-hybridized carbons (Fsp3) is 0.0741. The maximum absolute atomic E-state index is 13.5. The highest BCUT2D eigenvalue weighted by molar-refractivity contribution is 6.06. The van der Waals surface area contributed by atoms with Gasteiger partial charge in [0.2, 0.25) is 0 Å². The topological polar surface area (TPSA) is 29.5 Å². The quantitative estimate of drug-likeness (QED) is 0.390. The number of amides is 1. The van der Waals surface area contributed by atoms with Crippen LogP contribution in [-0.2, 0) is 6.54 Å². The zero-order valence-corrected chi connectivity index (χ0v) is 16.9.